The molecule has 3 aliphatic heterocycles. The van der Waals surface area contributed by atoms with E-state index in [0.29, 0.717) is 70.6 Å². The standard InChI is InChI=1S/C74H121Cl2F3N12O11/c1-16-25-51-41-80-62(46(5)17-2)69(100)85(11)43-61(94)87(13)56-27-21-20-23-36-91(68(56)99)58(39-48-28-32-50(33-29-48)74(77,78)79)67(98)84(10)42-59(92)81-54(35-31-47-30-34-52(75)53(76)38-47)65(96)90-37-24-22-26-55(90)64(95)82-73(44-72(6,7)45-73)71(102)89(15)63(49(18-3)19-4)70(101)88(14)57(66(97)83(8)9)40-60(93)86(51)12/h20-21,46-58,62-63,80H,16-19,22-45H2,1-15H3,(H,81,92)(H,82,95)/b21-20-/t46-,47?,48?,50?,51-,52?,53?,54-,55-,56-,57-,58-,62-,63-/m0/s1. The van der Waals surface area contributed by atoms with E-state index in [1.54, 1.807) is 13.1 Å². The van der Waals surface area contributed by atoms with Crippen molar-refractivity contribution < 1.29 is 65.9 Å². The SMILES string of the molecule is CCC[C@H]1CN[C@@H]([C@@H](C)CC)C(=O)N(C)CC(=O)N(C)[C@H]2C/C=C\CCN(C2=O)[C@@H](CC2CCC(C(F)(F)F)CC2)C(=O)N(C)CC(=O)N[C@@H](CCC2CCC(Cl)C(Cl)C2)C(=O)N2CCCC[C@H]2C(=O)NC2(CC(C)(C)C2)C(=O)N(C)[C@@H](C(CC)CC)C(=O)N(C)[C@H](C(=O)N(C)C)CC(=O)N1C. The maximum absolute atomic E-state index is 15.7. The predicted molar refractivity (Wildman–Crippen MR) is 386 cm³/mol. The number of fused-ring (bicyclic) bond motifs is 3. The van der Waals surface area contributed by atoms with E-state index in [9.17, 15) is 37.1 Å². The molecule has 2 saturated heterocycles. The molecule has 0 radical (unpaired) electrons. The molecule has 23 nitrogen and oxygen atoms in total. The van der Waals surface area contributed by atoms with Gasteiger partial charge in [-0.15, -0.1) is 23.2 Å². The van der Waals surface area contributed by atoms with Gasteiger partial charge in [0.05, 0.1) is 36.8 Å². The summed E-state index contributed by atoms with van der Waals surface area (Å²) in [6.45, 7) is 12.6. The molecule has 12 atom stereocenters. The van der Waals surface area contributed by atoms with E-state index in [1.807, 2.05) is 54.5 Å². The number of likely N-dealkylation sites (N-methyl/N-ethyl adjacent to an activating group) is 7. The molecule has 3 saturated carbocycles. The average Bonchev–Trinajstić information content (AvgIpc) is 0.732. The monoisotopic (exact) mass is 1480 g/mol. The Kier molecular flexibility index (Phi) is 31.3. The van der Waals surface area contributed by atoms with Crippen LogP contribution >= 0.6 is 23.2 Å². The Morgan fingerprint density at radius 3 is 1.89 bits per heavy atom. The molecule has 6 aliphatic rings. The van der Waals surface area contributed by atoms with Gasteiger partial charge in [0.1, 0.15) is 41.8 Å². The van der Waals surface area contributed by atoms with E-state index in [0.717, 1.165) is 4.90 Å². The van der Waals surface area contributed by atoms with Crippen LogP contribution in [0.2, 0.25) is 0 Å². The van der Waals surface area contributed by atoms with E-state index in [1.165, 1.54) is 88.5 Å². The van der Waals surface area contributed by atoms with Crippen molar-refractivity contribution in [2.45, 2.75) is 267 Å². The second kappa shape index (κ2) is 37.5. The van der Waals surface area contributed by atoms with Gasteiger partial charge in [0.2, 0.25) is 65.0 Å². The summed E-state index contributed by atoms with van der Waals surface area (Å²) >= 11 is 13.3. The van der Waals surface area contributed by atoms with Gasteiger partial charge in [-0.2, -0.15) is 13.2 Å². The molecule has 0 aromatic carbocycles. The van der Waals surface area contributed by atoms with Gasteiger partial charge in [-0.25, -0.2) is 0 Å². The normalized spacial score (nSPS) is 31.2. The van der Waals surface area contributed by atoms with Crippen molar-refractivity contribution in [3.63, 3.8) is 0 Å². The molecular weight excluding hydrogens is 1360 g/mol. The molecular formula is C74H121Cl2F3N12O11. The zero-order valence-electron chi connectivity index (χ0n) is 63.5. The highest BCUT2D eigenvalue weighted by Crippen LogP contribution is 2.50. The number of rotatable bonds is 13. The first-order valence-corrected chi connectivity index (χ1v) is 38.5. The number of halogens is 5. The summed E-state index contributed by atoms with van der Waals surface area (Å²) in [7, 11) is 12.0. The fourth-order valence-corrected chi connectivity index (χ4v) is 17.4. The highest BCUT2D eigenvalue weighted by atomic mass is 35.5. The minimum Gasteiger partial charge on any atom is -0.347 e. The molecule has 102 heavy (non-hydrogen) atoms. The molecule has 2 bridgehead atoms. The van der Waals surface area contributed by atoms with Crippen LogP contribution in [0.25, 0.3) is 0 Å². The summed E-state index contributed by atoms with van der Waals surface area (Å²) in [6.07, 6.45) is 5.36. The van der Waals surface area contributed by atoms with Crippen LogP contribution in [0.5, 0.6) is 0 Å². The van der Waals surface area contributed by atoms with Gasteiger partial charge < -0.3 is 60.0 Å². The number of nitrogens with one attached hydrogen (secondary N) is 3. The first-order chi connectivity index (χ1) is 47.9. The number of alkyl halides is 5. The van der Waals surface area contributed by atoms with Gasteiger partial charge in [-0.1, -0.05) is 86.3 Å². The van der Waals surface area contributed by atoms with Gasteiger partial charge in [-0.05, 0) is 145 Å². The molecule has 0 aromatic rings. The molecule has 6 rings (SSSR count). The van der Waals surface area contributed by atoms with Crippen LogP contribution < -0.4 is 16.0 Å². The Balaban J connectivity index is 1.46. The van der Waals surface area contributed by atoms with Crippen molar-refractivity contribution in [1.82, 2.24) is 60.0 Å². The lowest BCUT2D eigenvalue weighted by atomic mass is 9.58. The molecule has 11 amide bonds. The second-order valence-corrected chi connectivity index (χ2v) is 32.7. The number of nitrogens with zero attached hydrogens (tertiary/aromatic N) is 9. The third kappa shape index (κ3) is 21.3. The lowest BCUT2D eigenvalue weighted by Gasteiger charge is -2.54. The Morgan fingerprint density at radius 2 is 1.30 bits per heavy atom. The van der Waals surface area contributed by atoms with E-state index < -0.39 is 168 Å². The van der Waals surface area contributed by atoms with Crippen LogP contribution in [0.15, 0.2) is 12.2 Å². The Morgan fingerprint density at radius 1 is 0.667 bits per heavy atom. The lowest BCUT2D eigenvalue weighted by Crippen LogP contribution is -2.72. The van der Waals surface area contributed by atoms with Crippen molar-refractivity contribution in [1.29, 1.82) is 0 Å². The molecule has 5 fully saturated rings. The van der Waals surface area contributed by atoms with Crippen LogP contribution in [0.3, 0.4) is 0 Å². The van der Waals surface area contributed by atoms with Crippen LogP contribution in [0, 0.1) is 35.0 Å². The summed E-state index contributed by atoms with van der Waals surface area (Å²) in [6, 6.07) is -8.78. The zero-order valence-corrected chi connectivity index (χ0v) is 65.0. The van der Waals surface area contributed by atoms with Crippen molar-refractivity contribution in [2.24, 2.45) is 35.0 Å². The first-order valence-electron chi connectivity index (χ1n) is 37.6. The summed E-state index contributed by atoms with van der Waals surface area (Å²) in [4.78, 5) is 178. The Labute approximate surface area is 614 Å². The third-order valence-corrected chi connectivity index (χ3v) is 24.4. The minimum atomic E-state index is -4.42. The largest absolute Gasteiger partial charge is 0.391 e. The van der Waals surface area contributed by atoms with Gasteiger partial charge in [0.25, 0.3) is 0 Å². The van der Waals surface area contributed by atoms with E-state index in [2.05, 4.69) is 16.0 Å². The van der Waals surface area contributed by atoms with Gasteiger partial charge in [0, 0.05) is 87.4 Å². The number of piperidine rings is 1. The van der Waals surface area contributed by atoms with Gasteiger partial charge in [0.15, 0.2) is 0 Å². The summed E-state index contributed by atoms with van der Waals surface area (Å²) in [5.41, 5.74) is -2.02. The fraction of sp³-hybridized carbons (Fsp3) is 0.824. The molecule has 3 aliphatic carbocycles. The minimum absolute atomic E-state index is 0.0135. The zero-order chi connectivity index (χ0) is 76.0. The molecule has 578 valence electrons. The van der Waals surface area contributed by atoms with E-state index in [4.69, 9.17) is 23.2 Å². The Hall–Kier alpha value is -5.76. The number of amides is 11. The predicted octanol–water partition coefficient (Wildman–Crippen LogP) is 7.59. The molecule has 1 spiro atoms. The van der Waals surface area contributed by atoms with Gasteiger partial charge >= 0.3 is 6.18 Å². The van der Waals surface area contributed by atoms with Crippen molar-refractivity contribution in [3.05, 3.63) is 12.2 Å². The molecule has 3 unspecified atom stereocenters. The molecule has 28 heteroatoms. The maximum Gasteiger partial charge on any atom is 0.391 e. The van der Waals surface area contributed by atoms with Crippen molar-refractivity contribution in [2.75, 3.05) is 89.1 Å². The maximum atomic E-state index is 15.7. The number of hydrogen-bond donors (Lipinski definition) is 3. The van der Waals surface area contributed by atoms with Crippen LogP contribution in [0.1, 0.15) is 196 Å². The summed E-state index contributed by atoms with van der Waals surface area (Å²) in [5, 5.41) is 8.89. The third-order valence-electron chi connectivity index (χ3n) is 23.3. The first kappa shape index (κ1) is 85.2. The number of hydrogen-bond acceptors (Lipinski definition) is 12. The quantitative estimate of drug-likeness (QED) is 0.119. The number of carbonyl (C=O) groups is 11. The van der Waals surface area contributed by atoms with Crippen LogP contribution in [0.4, 0.5) is 13.2 Å². The Bertz CT molecular complexity index is 2960. The van der Waals surface area contributed by atoms with Crippen molar-refractivity contribution >= 4 is 88.2 Å². The van der Waals surface area contributed by atoms with E-state index in [-0.39, 0.29) is 113 Å². The fourth-order valence-electron chi connectivity index (χ4n) is 16.8. The molecule has 0 aromatic heterocycles. The topological polar surface area (TPSA) is 253 Å². The summed E-state index contributed by atoms with van der Waals surface area (Å²) < 4.78 is 42.3. The smallest absolute Gasteiger partial charge is 0.347 e. The average molecular weight is 1480 g/mol. The second-order valence-electron chi connectivity index (χ2n) is 31.5. The van der Waals surface area contributed by atoms with Crippen LogP contribution in [-0.2, 0) is 52.7 Å². The molecule has 3 heterocycles. The highest BCUT2D eigenvalue weighted by molar-refractivity contribution is 6.30. The molecule has 3 N–H and O–H groups in total. The van der Waals surface area contributed by atoms with Crippen molar-refractivity contribution in [3.8, 4) is 0 Å². The van der Waals surface area contributed by atoms with E-state index >= 15 is 28.8 Å². The highest BCUT2D eigenvalue weighted by Gasteiger charge is 2.59. The van der Waals surface area contributed by atoms with Crippen LogP contribution in [-0.4, -0.2) is 269 Å². The number of carbonyl (C=O) groups excluding carboxylic acids is 11. The lowest BCUT2D eigenvalue weighted by molar-refractivity contribution is -0.184. The van der Waals surface area contributed by atoms with Gasteiger partial charge in [-0.3, -0.25) is 52.7 Å². The summed E-state index contributed by atoms with van der Waals surface area (Å²) in [5.74, 6) is -9.10.